The zero-order valence-corrected chi connectivity index (χ0v) is 12.9. The number of fused-ring (bicyclic) bond motifs is 1. The molecule has 1 aromatic carbocycles. The molecule has 0 bridgehead atoms. The van der Waals surface area contributed by atoms with E-state index < -0.39 is 0 Å². The van der Waals surface area contributed by atoms with Gasteiger partial charge in [0, 0.05) is 18.8 Å². The van der Waals surface area contributed by atoms with Gasteiger partial charge in [0.2, 0.25) is 0 Å². The Morgan fingerprint density at radius 3 is 2.85 bits per heavy atom. The summed E-state index contributed by atoms with van der Waals surface area (Å²) >= 11 is 5.93. The van der Waals surface area contributed by atoms with Crippen molar-refractivity contribution in [3.05, 3.63) is 24.0 Å². The van der Waals surface area contributed by atoms with Gasteiger partial charge in [-0.25, -0.2) is 4.98 Å². The van der Waals surface area contributed by atoms with Crippen molar-refractivity contribution < 1.29 is 4.74 Å². The molecule has 108 valence electrons. The van der Waals surface area contributed by atoms with Crippen LogP contribution in [0.1, 0.15) is 32.5 Å². The molecule has 0 amide bonds. The van der Waals surface area contributed by atoms with E-state index in [9.17, 15) is 0 Å². The van der Waals surface area contributed by atoms with E-state index in [-0.39, 0.29) is 6.10 Å². The first-order chi connectivity index (χ1) is 9.69. The Morgan fingerprint density at radius 2 is 2.20 bits per heavy atom. The van der Waals surface area contributed by atoms with Crippen molar-refractivity contribution in [2.24, 2.45) is 5.92 Å². The molecular weight excluding hydrogens is 272 g/mol. The number of benzene rings is 1. The van der Waals surface area contributed by atoms with E-state index in [4.69, 9.17) is 21.3 Å². The van der Waals surface area contributed by atoms with Gasteiger partial charge in [-0.1, -0.05) is 6.07 Å². The van der Waals surface area contributed by atoms with Gasteiger partial charge in [0.15, 0.2) is 0 Å². The first kappa shape index (κ1) is 13.7. The van der Waals surface area contributed by atoms with Crippen molar-refractivity contribution in [3.63, 3.8) is 0 Å². The minimum atomic E-state index is 0.158. The molecule has 0 atom stereocenters. The lowest BCUT2D eigenvalue weighted by molar-refractivity contribution is 0.245. The van der Waals surface area contributed by atoms with Crippen molar-refractivity contribution in [2.75, 3.05) is 5.88 Å². The van der Waals surface area contributed by atoms with Crippen LogP contribution < -0.4 is 4.74 Å². The highest BCUT2D eigenvalue weighted by atomic mass is 35.5. The molecule has 3 rings (SSSR count). The van der Waals surface area contributed by atoms with Gasteiger partial charge in [0.1, 0.15) is 17.1 Å². The predicted molar refractivity (Wildman–Crippen MR) is 82.6 cm³/mol. The van der Waals surface area contributed by atoms with Crippen LogP contribution in [0, 0.1) is 5.92 Å². The maximum Gasteiger partial charge on any atom is 0.147 e. The van der Waals surface area contributed by atoms with Crippen LogP contribution in [-0.2, 0) is 13.0 Å². The Labute approximate surface area is 124 Å². The van der Waals surface area contributed by atoms with Crippen molar-refractivity contribution in [1.82, 2.24) is 9.55 Å². The highest BCUT2D eigenvalue weighted by Crippen LogP contribution is 2.34. The van der Waals surface area contributed by atoms with E-state index in [0.717, 1.165) is 36.0 Å². The first-order valence-electron chi connectivity index (χ1n) is 7.39. The van der Waals surface area contributed by atoms with E-state index >= 15 is 0 Å². The summed E-state index contributed by atoms with van der Waals surface area (Å²) in [5.41, 5.74) is 2.15. The van der Waals surface area contributed by atoms with Gasteiger partial charge in [-0.15, -0.1) is 11.6 Å². The molecule has 0 unspecified atom stereocenters. The number of hydrogen-bond donors (Lipinski definition) is 0. The predicted octanol–water partition coefficient (Wildman–Crippen LogP) is 4.01. The summed E-state index contributed by atoms with van der Waals surface area (Å²) in [6.45, 7) is 5.15. The fourth-order valence-electron chi connectivity index (χ4n) is 2.56. The number of hydrogen-bond acceptors (Lipinski definition) is 2. The van der Waals surface area contributed by atoms with Crippen molar-refractivity contribution in [1.29, 1.82) is 0 Å². The molecule has 0 aliphatic heterocycles. The largest absolute Gasteiger partial charge is 0.489 e. The average molecular weight is 293 g/mol. The summed E-state index contributed by atoms with van der Waals surface area (Å²) in [7, 11) is 0. The Hall–Kier alpha value is -1.22. The van der Waals surface area contributed by atoms with Crippen LogP contribution in [0.15, 0.2) is 18.2 Å². The summed E-state index contributed by atoms with van der Waals surface area (Å²) in [5.74, 6) is 3.38. The zero-order chi connectivity index (χ0) is 14.1. The van der Waals surface area contributed by atoms with Gasteiger partial charge in [-0.2, -0.15) is 0 Å². The Morgan fingerprint density at radius 1 is 1.40 bits per heavy atom. The Balaban J connectivity index is 2.06. The average Bonchev–Trinajstić information content (AvgIpc) is 3.14. The number of halogens is 1. The fourth-order valence-corrected chi connectivity index (χ4v) is 2.73. The molecule has 0 saturated heterocycles. The molecule has 0 radical (unpaired) electrons. The van der Waals surface area contributed by atoms with Gasteiger partial charge in [0.25, 0.3) is 0 Å². The molecule has 20 heavy (non-hydrogen) atoms. The monoisotopic (exact) mass is 292 g/mol. The smallest absolute Gasteiger partial charge is 0.147 e. The number of ether oxygens (including phenoxy) is 1. The zero-order valence-electron chi connectivity index (χ0n) is 12.1. The minimum absolute atomic E-state index is 0.158. The van der Waals surface area contributed by atoms with E-state index in [1.165, 1.54) is 18.4 Å². The fraction of sp³-hybridized carbons (Fsp3) is 0.562. The number of aromatic nitrogens is 2. The summed E-state index contributed by atoms with van der Waals surface area (Å²) in [6, 6.07) is 6.19. The number of imidazole rings is 1. The lowest BCUT2D eigenvalue weighted by Gasteiger charge is -2.10. The molecule has 4 heteroatoms. The van der Waals surface area contributed by atoms with E-state index in [1.807, 2.05) is 19.9 Å². The van der Waals surface area contributed by atoms with Gasteiger partial charge >= 0.3 is 0 Å². The highest BCUT2D eigenvalue weighted by molar-refractivity contribution is 6.17. The molecule has 0 spiro atoms. The number of para-hydroxylation sites is 1. The second-order valence-electron chi connectivity index (χ2n) is 5.81. The van der Waals surface area contributed by atoms with Crippen LogP contribution in [0.5, 0.6) is 5.75 Å². The molecule has 2 aromatic rings. The third kappa shape index (κ3) is 2.78. The first-order valence-corrected chi connectivity index (χ1v) is 7.93. The molecule has 0 N–H and O–H groups in total. The number of aryl methyl sites for hydroxylation is 1. The molecular formula is C16H21ClN2O. The van der Waals surface area contributed by atoms with Crippen LogP contribution in [0.4, 0.5) is 0 Å². The van der Waals surface area contributed by atoms with Crippen molar-refractivity contribution >= 4 is 22.6 Å². The number of rotatable bonds is 6. The Bertz CT molecular complexity index is 602. The van der Waals surface area contributed by atoms with Crippen LogP contribution >= 0.6 is 11.6 Å². The van der Waals surface area contributed by atoms with E-state index in [2.05, 4.69) is 16.7 Å². The van der Waals surface area contributed by atoms with Gasteiger partial charge in [0.05, 0.1) is 11.6 Å². The molecule has 1 heterocycles. The summed E-state index contributed by atoms with van der Waals surface area (Å²) < 4.78 is 8.22. The van der Waals surface area contributed by atoms with E-state index in [1.54, 1.807) is 0 Å². The molecule has 1 saturated carbocycles. The molecule has 1 aliphatic carbocycles. The molecule has 1 aliphatic rings. The number of nitrogens with zero attached hydrogens (tertiary/aromatic N) is 2. The second-order valence-corrected chi connectivity index (χ2v) is 6.19. The minimum Gasteiger partial charge on any atom is -0.489 e. The van der Waals surface area contributed by atoms with Crippen LogP contribution in [0.25, 0.3) is 11.0 Å². The van der Waals surface area contributed by atoms with Gasteiger partial charge in [-0.3, -0.25) is 0 Å². The maximum atomic E-state index is 5.93. The van der Waals surface area contributed by atoms with Crippen molar-refractivity contribution in [3.8, 4) is 5.75 Å². The molecule has 1 aromatic heterocycles. The van der Waals surface area contributed by atoms with Crippen molar-refractivity contribution in [2.45, 2.75) is 45.8 Å². The van der Waals surface area contributed by atoms with Crippen LogP contribution in [0.3, 0.4) is 0 Å². The lowest BCUT2D eigenvalue weighted by atomic mass is 10.2. The molecule has 1 fully saturated rings. The third-order valence-electron chi connectivity index (χ3n) is 3.64. The highest BCUT2D eigenvalue weighted by Gasteiger charge is 2.24. The summed E-state index contributed by atoms with van der Waals surface area (Å²) in [6.07, 6.45) is 3.64. The Kier molecular flexibility index (Phi) is 3.88. The third-order valence-corrected chi connectivity index (χ3v) is 3.83. The van der Waals surface area contributed by atoms with Gasteiger partial charge < -0.3 is 9.30 Å². The maximum absolute atomic E-state index is 5.93. The van der Waals surface area contributed by atoms with Crippen LogP contribution in [-0.4, -0.2) is 21.5 Å². The van der Waals surface area contributed by atoms with Gasteiger partial charge in [-0.05, 0) is 44.7 Å². The number of alkyl halides is 1. The topological polar surface area (TPSA) is 27.1 Å². The quantitative estimate of drug-likeness (QED) is 0.752. The SMILES string of the molecule is CC(C)Oc1cccc2c1nc(CCCl)n2CC1CC1. The molecule has 3 nitrogen and oxygen atoms in total. The summed E-state index contributed by atoms with van der Waals surface area (Å²) in [5, 5.41) is 0. The lowest BCUT2D eigenvalue weighted by Crippen LogP contribution is -2.06. The standard InChI is InChI=1S/C16H21ClN2O/c1-11(2)20-14-5-3-4-13-16(14)18-15(8-9-17)19(13)10-12-6-7-12/h3-5,11-12H,6-10H2,1-2H3. The van der Waals surface area contributed by atoms with E-state index in [0.29, 0.717) is 5.88 Å². The second kappa shape index (κ2) is 5.65. The van der Waals surface area contributed by atoms with Crippen LogP contribution in [0.2, 0.25) is 0 Å². The normalized spacial score (nSPS) is 15.2. The summed E-state index contributed by atoms with van der Waals surface area (Å²) in [4.78, 5) is 4.79.